The molecule has 1 fully saturated rings. The third kappa shape index (κ3) is 7.46. The van der Waals surface area contributed by atoms with Gasteiger partial charge < -0.3 is 25.0 Å². The van der Waals surface area contributed by atoms with Crippen molar-refractivity contribution in [2.75, 3.05) is 47.5 Å². The lowest BCUT2D eigenvalue weighted by Gasteiger charge is -2.32. The Balaban J connectivity index is 0.00000338. The number of hydrogen-bond acceptors (Lipinski definition) is 4. The summed E-state index contributed by atoms with van der Waals surface area (Å²) < 4.78 is 10.5. The van der Waals surface area contributed by atoms with Crippen LogP contribution in [0.4, 0.5) is 0 Å². The van der Waals surface area contributed by atoms with Gasteiger partial charge in [0.2, 0.25) is 0 Å². The third-order valence-corrected chi connectivity index (χ3v) is 4.69. The molecule has 0 radical (unpaired) electrons. The highest BCUT2D eigenvalue weighted by Gasteiger charge is 2.19. The first-order chi connectivity index (χ1) is 12.2. The van der Waals surface area contributed by atoms with Gasteiger partial charge in [0.15, 0.2) is 5.96 Å². The molecule has 26 heavy (non-hydrogen) atoms. The number of methoxy groups -OCH3 is 2. The monoisotopic (exact) mass is 496 g/mol. The van der Waals surface area contributed by atoms with Crippen LogP contribution < -0.4 is 15.4 Å². The molecule has 0 aliphatic carbocycles. The number of nitrogens with zero attached hydrogens (tertiary/aromatic N) is 2. The first kappa shape index (κ1) is 23.3. The lowest BCUT2D eigenvalue weighted by Crippen LogP contribution is -2.48. The average Bonchev–Trinajstić information content (AvgIpc) is 2.65. The molecule has 1 aromatic rings. The molecule has 1 aliphatic heterocycles. The summed E-state index contributed by atoms with van der Waals surface area (Å²) in [6.07, 6.45) is 2.21. The Labute approximate surface area is 178 Å². The summed E-state index contributed by atoms with van der Waals surface area (Å²) in [6, 6.07) is 6.10. The van der Waals surface area contributed by atoms with E-state index in [0.717, 1.165) is 56.4 Å². The molecular weight excluding hydrogens is 467 g/mol. The van der Waals surface area contributed by atoms with Crippen molar-refractivity contribution in [1.29, 1.82) is 0 Å². The van der Waals surface area contributed by atoms with E-state index in [2.05, 4.69) is 20.5 Å². The van der Waals surface area contributed by atoms with E-state index in [-0.39, 0.29) is 24.0 Å². The van der Waals surface area contributed by atoms with E-state index < -0.39 is 0 Å². The molecule has 1 heterocycles. The Kier molecular flexibility index (Phi) is 11.3. The summed E-state index contributed by atoms with van der Waals surface area (Å²) in [5, 5.41) is 7.54. The lowest BCUT2D eigenvalue weighted by molar-refractivity contribution is 0.128. The van der Waals surface area contributed by atoms with Crippen molar-refractivity contribution < 1.29 is 9.47 Å². The molecule has 8 heteroatoms. The van der Waals surface area contributed by atoms with Crippen LogP contribution in [0.3, 0.4) is 0 Å². The summed E-state index contributed by atoms with van der Waals surface area (Å²) in [6.45, 7) is 4.61. The average molecular weight is 497 g/mol. The minimum atomic E-state index is 0. The zero-order valence-electron chi connectivity index (χ0n) is 15.8. The van der Waals surface area contributed by atoms with Crippen LogP contribution in [0.15, 0.2) is 23.2 Å². The highest BCUT2D eigenvalue weighted by atomic mass is 127. The second-order valence-electron chi connectivity index (χ2n) is 6.13. The summed E-state index contributed by atoms with van der Waals surface area (Å²) in [5.41, 5.74) is 1.05. The molecule has 148 valence electrons. The maximum atomic E-state index is 6.01. The quantitative estimate of drug-likeness (QED) is 0.345. The van der Waals surface area contributed by atoms with Crippen LogP contribution in [0.5, 0.6) is 5.75 Å². The van der Waals surface area contributed by atoms with Crippen LogP contribution in [0.1, 0.15) is 18.4 Å². The molecule has 2 rings (SSSR count). The predicted molar refractivity (Wildman–Crippen MR) is 118 cm³/mol. The molecule has 2 N–H and O–H groups in total. The summed E-state index contributed by atoms with van der Waals surface area (Å²) in [5.74, 6) is 1.59. The Morgan fingerprint density at radius 1 is 1.31 bits per heavy atom. The fourth-order valence-corrected chi connectivity index (χ4v) is 3.11. The molecule has 0 unspecified atom stereocenters. The van der Waals surface area contributed by atoms with Crippen LogP contribution >= 0.6 is 35.6 Å². The molecule has 1 aliphatic rings. The second-order valence-corrected chi connectivity index (χ2v) is 6.57. The number of nitrogens with one attached hydrogen (secondary N) is 2. The number of guanidine groups is 1. The van der Waals surface area contributed by atoms with Gasteiger partial charge in [0.25, 0.3) is 0 Å². The second kappa shape index (κ2) is 12.6. The van der Waals surface area contributed by atoms with Crippen LogP contribution in [0.2, 0.25) is 5.02 Å². The highest BCUT2D eigenvalue weighted by molar-refractivity contribution is 14.0. The van der Waals surface area contributed by atoms with Gasteiger partial charge in [-0.05, 0) is 25.0 Å². The van der Waals surface area contributed by atoms with E-state index in [1.165, 1.54) is 0 Å². The summed E-state index contributed by atoms with van der Waals surface area (Å²) in [7, 11) is 5.20. The molecule has 0 spiro atoms. The first-order valence-corrected chi connectivity index (χ1v) is 9.05. The SMILES string of the molecule is CN=C(NCc1ccc(Cl)cc1OC)NC1CCN(CCOC)CC1.I. The van der Waals surface area contributed by atoms with Gasteiger partial charge in [0.05, 0.1) is 13.7 Å². The van der Waals surface area contributed by atoms with Crippen molar-refractivity contribution in [1.82, 2.24) is 15.5 Å². The van der Waals surface area contributed by atoms with Gasteiger partial charge in [-0.2, -0.15) is 0 Å². The van der Waals surface area contributed by atoms with Gasteiger partial charge in [0.1, 0.15) is 5.75 Å². The van der Waals surface area contributed by atoms with E-state index >= 15 is 0 Å². The van der Waals surface area contributed by atoms with Crippen LogP contribution in [0, 0.1) is 0 Å². The number of rotatable bonds is 7. The number of halogens is 2. The molecule has 0 aromatic heterocycles. The van der Waals surface area contributed by atoms with E-state index in [1.54, 1.807) is 21.3 Å². The number of hydrogen-bond donors (Lipinski definition) is 2. The zero-order chi connectivity index (χ0) is 18.1. The standard InChI is InChI=1S/C18H29ClN4O2.HI/c1-20-18(21-13-14-4-5-15(19)12-17(14)25-3)22-16-6-8-23(9-7-16)10-11-24-2;/h4-5,12,16H,6-11,13H2,1-3H3,(H2,20,21,22);1H. The van der Waals surface area contributed by atoms with Crippen molar-refractivity contribution in [3.05, 3.63) is 28.8 Å². The number of ether oxygens (including phenoxy) is 2. The Bertz CT molecular complexity index is 566. The van der Waals surface area contributed by atoms with Gasteiger partial charge in [-0.15, -0.1) is 24.0 Å². The van der Waals surface area contributed by atoms with Crippen LogP contribution in [0.25, 0.3) is 0 Å². The molecular formula is C18H30ClIN4O2. The van der Waals surface area contributed by atoms with Gasteiger partial charge in [0, 0.05) is 57.0 Å². The predicted octanol–water partition coefficient (Wildman–Crippen LogP) is 2.74. The number of piperidine rings is 1. The van der Waals surface area contributed by atoms with E-state index in [0.29, 0.717) is 17.6 Å². The van der Waals surface area contributed by atoms with Crippen molar-refractivity contribution in [3.8, 4) is 5.75 Å². The number of aliphatic imine (C=N–C) groups is 1. The summed E-state index contributed by atoms with van der Waals surface area (Å²) in [4.78, 5) is 6.77. The van der Waals surface area contributed by atoms with Gasteiger partial charge in [-0.25, -0.2) is 0 Å². The maximum Gasteiger partial charge on any atom is 0.191 e. The zero-order valence-corrected chi connectivity index (χ0v) is 18.8. The molecule has 0 saturated carbocycles. The minimum Gasteiger partial charge on any atom is -0.496 e. The van der Waals surface area contributed by atoms with Crippen molar-refractivity contribution in [3.63, 3.8) is 0 Å². The third-order valence-electron chi connectivity index (χ3n) is 4.46. The number of likely N-dealkylation sites (tertiary alicyclic amines) is 1. The smallest absolute Gasteiger partial charge is 0.191 e. The molecule has 6 nitrogen and oxygen atoms in total. The molecule has 1 saturated heterocycles. The van der Waals surface area contributed by atoms with Crippen LogP contribution in [-0.2, 0) is 11.3 Å². The van der Waals surface area contributed by atoms with E-state index in [9.17, 15) is 0 Å². The lowest BCUT2D eigenvalue weighted by atomic mass is 10.1. The molecule has 1 aromatic carbocycles. The fourth-order valence-electron chi connectivity index (χ4n) is 2.95. The molecule has 0 atom stereocenters. The normalized spacial score (nSPS) is 16.1. The maximum absolute atomic E-state index is 6.01. The largest absolute Gasteiger partial charge is 0.496 e. The highest BCUT2D eigenvalue weighted by Crippen LogP contribution is 2.22. The molecule has 0 amide bonds. The molecule has 0 bridgehead atoms. The Morgan fingerprint density at radius 3 is 2.65 bits per heavy atom. The Hall–Kier alpha value is -0.770. The van der Waals surface area contributed by atoms with E-state index in [4.69, 9.17) is 21.1 Å². The van der Waals surface area contributed by atoms with Gasteiger partial charge >= 0.3 is 0 Å². The first-order valence-electron chi connectivity index (χ1n) is 8.67. The van der Waals surface area contributed by atoms with Crippen molar-refractivity contribution in [2.45, 2.75) is 25.4 Å². The fraction of sp³-hybridized carbons (Fsp3) is 0.611. The summed E-state index contributed by atoms with van der Waals surface area (Å²) >= 11 is 6.01. The van der Waals surface area contributed by atoms with Crippen LogP contribution in [-0.4, -0.2) is 64.4 Å². The van der Waals surface area contributed by atoms with Gasteiger partial charge in [-0.1, -0.05) is 17.7 Å². The number of benzene rings is 1. The Morgan fingerprint density at radius 2 is 2.04 bits per heavy atom. The van der Waals surface area contributed by atoms with E-state index in [1.807, 2.05) is 18.2 Å². The van der Waals surface area contributed by atoms with Gasteiger partial charge in [-0.3, -0.25) is 4.99 Å². The van der Waals surface area contributed by atoms with Crippen molar-refractivity contribution in [2.24, 2.45) is 4.99 Å². The minimum absolute atomic E-state index is 0. The topological polar surface area (TPSA) is 58.1 Å². The van der Waals surface area contributed by atoms with Crippen molar-refractivity contribution >= 4 is 41.5 Å².